The second kappa shape index (κ2) is 6.72. The number of benzene rings is 1. The van der Waals surface area contributed by atoms with Gasteiger partial charge in [0.15, 0.2) is 11.5 Å². The summed E-state index contributed by atoms with van der Waals surface area (Å²) in [5.74, 6) is 1.66. The highest BCUT2D eigenvalue weighted by Gasteiger charge is 2.14. The van der Waals surface area contributed by atoms with Gasteiger partial charge in [-0.2, -0.15) is 0 Å². The van der Waals surface area contributed by atoms with Gasteiger partial charge in [0.1, 0.15) is 13.2 Å². The van der Waals surface area contributed by atoms with Crippen molar-refractivity contribution in [3.63, 3.8) is 0 Å². The highest BCUT2D eigenvalue weighted by atomic mass is 35.5. The van der Waals surface area contributed by atoms with Gasteiger partial charge in [0, 0.05) is 6.04 Å². The molecule has 0 bridgehead atoms. The molecule has 0 fully saturated rings. The fourth-order valence-corrected chi connectivity index (χ4v) is 1.88. The number of halogens is 1. The maximum absolute atomic E-state index is 6.12. The molecule has 2 rings (SSSR count). The van der Waals surface area contributed by atoms with Gasteiger partial charge >= 0.3 is 0 Å². The minimum Gasteiger partial charge on any atom is -0.486 e. The Morgan fingerprint density at radius 2 is 1.94 bits per heavy atom. The van der Waals surface area contributed by atoms with E-state index in [1.165, 1.54) is 6.42 Å². The number of hydrogen-bond acceptors (Lipinski definition) is 3. The van der Waals surface area contributed by atoms with E-state index in [9.17, 15) is 0 Å². The average Bonchev–Trinajstić information content (AvgIpc) is 2.35. The van der Waals surface area contributed by atoms with Crippen LogP contribution in [0.15, 0.2) is 18.2 Å². The standard InChI is InChI=1S/C13H19NO2.ClH/c1-2-3-4-11(14)10-5-6-12-13(9-10)16-8-7-15-12;/h5-6,9,11H,2-4,7-8,14H2,1H3;1H/t11-;/m1./s1. The molecule has 0 amide bonds. The van der Waals surface area contributed by atoms with Crippen molar-refractivity contribution in [2.45, 2.75) is 32.2 Å². The minimum atomic E-state index is 0. The number of ether oxygens (including phenoxy) is 2. The van der Waals surface area contributed by atoms with Crippen molar-refractivity contribution in [1.29, 1.82) is 0 Å². The maximum Gasteiger partial charge on any atom is 0.161 e. The van der Waals surface area contributed by atoms with Crippen molar-refractivity contribution in [2.24, 2.45) is 5.73 Å². The molecular weight excluding hydrogens is 238 g/mol. The Kier molecular flexibility index (Phi) is 5.59. The number of nitrogens with two attached hydrogens (primary N) is 1. The summed E-state index contributed by atoms with van der Waals surface area (Å²) >= 11 is 0. The van der Waals surface area contributed by atoms with E-state index >= 15 is 0 Å². The van der Waals surface area contributed by atoms with Crippen LogP contribution in [-0.4, -0.2) is 13.2 Å². The molecule has 0 aromatic heterocycles. The Bertz CT molecular complexity index is 357. The smallest absolute Gasteiger partial charge is 0.161 e. The van der Waals surface area contributed by atoms with Crippen LogP contribution in [0.25, 0.3) is 0 Å². The van der Waals surface area contributed by atoms with E-state index in [1.54, 1.807) is 0 Å². The summed E-state index contributed by atoms with van der Waals surface area (Å²) in [6, 6.07) is 6.11. The summed E-state index contributed by atoms with van der Waals surface area (Å²) in [6.45, 7) is 3.44. The molecule has 0 saturated carbocycles. The fraction of sp³-hybridized carbons (Fsp3) is 0.538. The van der Waals surface area contributed by atoms with Crippen LogP contribution in [0.4, 0.5) is 0 Å². The molecule has 2 N–H and O–H groups in total. The molecule has 1 aliphatic rings. The fourth-order valence-electron chi connectivity index (χ4n) is 1.88. The van der Waals surface area contributed by atoms with E-state index in [1.807, 2.05) is 18.2 Å². The van der Waals surface area contributed by atoms with Crippen LogP contribution in [0.3, 0.4) is 0 Å². The highest BCUT2D eigenvalue weighted by Crippen LogP contribution is 2.32. The van der Waals surface area contributed by atoms with Crippen LogP contribution in [0.2, 0.25) is 0 Å². The second-order valence-corrected chi connectivity index (χ2v) is 4.15. The van der Waals surface area contributed by atoms with Crippen molar-refractivity contribution in [3.8, 4) is 11.5 Å². The number of hydrogen-bond donors (Lipinski definition) is 1. The van der Waals surface area contributed by atoms with Crippen LogP contribution in [0, 0.1) is 0 Å². The number of unbranched alkanes of at least 4 members (excludes halogenated alkanes) is 1. The van der Waals surface area contributed by atoms with Gasteiger partial charge in [-0.05, 0) is 24.1 Å². The molecule has 4 heteroatoms. The van der Waals surface area contributed by atoms with E-state index in [4.69, 9.17) is 15.2 Å². The van der Waals surface area contributed by atoms with Gasteiger partial charge in [-0.25, -0.2) is 0 Å². The molecule has 96 valence electrons. The van der Waals surface area contributed by atoms with Crippen molar-refractivity contribution >= 4 is 12.4 Å². The molecule has 3 nitrogen and oxygen atoms in total. The van der Waals surface area contributed by atoms with Crippen LogP contribution < -0.4 is 15.2 Å². The predicted octanol–water partition coefficient (Wildman–Crippen LogP) is 3.07. The summed E-state index contributed by atoms with van der Waals surface area (Å²) in [6.07, 6.45) is 3.37. The van der Waals surface area contributed by atoms with E-state index in [0.29, 0.717) is 13.2 Å². The Hall–Kier alpha value is -0.930. The molecule has 1 atom stereocenters. The third kappa shape index (κ3) is 3.51. The third-order valence-electron chi connectivity index (χ3n) is 2.86. The van der Waals surface area contributed by atoms with Crippen molar-refractivity contribution < 1.29 is 9.47 Å². The summed E-state index contributed by atoms with van der Waals surface area (Å²) in [5.41, 5.74) is 7.25. The molecule has 1 aliphatic heterocycles. The Morgan fingerprint density at radius 3 is 2.65 bits per heavy atom. The molecule has 1 heterocycles. The predicted molar refractivity (Wildman–Crippen MR) is 71.1 cm³/mol. The van der Waals surface area contributed by atoms with E-state index in [0.717, 1.165) is 29.9 Å². The zero-order chi connectivity index (χ0) is 11.4. The molecule has 0 unspecified atom stereocenters. The Morgan fingerprint density at radius 1 is 1.24 bits per heavy atom. The van der Waals surface area contributed by atoms with Gasteiger partial charge < -0.3 is 15.2 Å². The molecular formula is C13H20ClNO2. The first-order chi connectivity index (χ1) is 7.81. The van der Waals surface area contributed by atoms with Crippen molar-refractivity contribution in [3.05, 3.63) is 23.8 Å². The molecule has 17 heavy (non-hydrogen) atoms. The first-order valence-corrected chi connectivity index (χ1v) is 5.96. The number of rotatable bonds is 4. The van der Waals surface area contributed by atoms with Gasteiger partial charge in [0.05, 0.1) is 0 Å². The Balaban J connectivity index is 0.00000144. The SMILES string of the molecule is CCCC[C@@H](N)c1ccc2c(c1)OCCO2.Cl. The second-order valence-electron chi connectivity index (χ2n) is 4.15. The largest absolute Gasteiger partial charge is 0.486 e. The van der Waals surface area contributed by atoms with E-state index in [-0.39, 0.29) is 18.4 Å². The topological polar surface area (TPSA) is 44.5 Å². The third-order valence-corrected chi connectivity index (χ3v) is 2.86. The van der Waals surface area contributed by atoms with Crippen molar-refractivity contribution in [2.75, 3.05) is 13.2 Å². The summed E-state index contributed by atoms with van der Waals surface area (Å²) in [5, 5.41) is 0. The normalized spacial score (nSPS) is 14.9. The summed E-state index contributed by atoms with van der Waals surface area (Å²) in [4.78, 5) is 0. The quantitative estimate of drug-likeness (QED) is 0.902. The Labute approximate surface area is 109 Å². The van der Waals surface area contributed by atoms with E-state index < -0.39 is 0 Å². The lowest BCUT2D eigenvalue weighted by molar-refractivity contribution is 0.171. The zero-order valence-corrected chi connectivity index (χ0v) is 11.0. The number of fused-ring (bicyclic) bond motifs is 1. The van der Waals surface area contributed by atoms with Gasteiger partial charge in [-0.1, -0.05) is 25.8 Å². The summed E-state index contributed by atoms with van der Waals surface area (Å²) < 4.78 is 11.0. The van der Waals surface area contributed by atoms with Crippen LogP contribution in [0.1, 0.15) is 37.8 Å². The van der Waals surface area contributed by atoms with Gasteiger partial charge in [-0.15, -0.1) is 12.4 Å². The average molecular weight is 258 g/mol. The first-order valence-electron chi connectivity index (χ1n) is 5.96. The summed E-state index contributed by atoms with van der Waals surface area (Å²) in [7, 11) is 0. The highest BCUT2D eigenvalue weighted by molar-refractivity contribution is 5.85. The molecule has 0 spiro atoms. The van der Waals surface area contributed by atoms with Crippen LogP contribution in [0.5, 0.6) is 11.5 Å². The molecule has 0 aliphatic carbocycles. The zero-order valence-electron chi connectivity index (χ0n) is 10.1. The van der Waals surface area contributed by atoms with Crippen LogP contribution >= 0.6 is 12.4 Å². The van der Waals surface area contributed by atoms with Crippen LogP contribution in [-0.2, 0) is 0 Å². The van der Waals surface area contributed by atoms with Crippen molar-refractivity contribution in [1.82, 2.24) is 0 Å². The van der Waals surface area contributed by atoms with Gasteiger partial charge in [-0.3, -0.25) is 0 Å². The van der Waals surface area contributed by atoms with E-state index in [2.05, 4.69) is 6.92 Å². The molecule has 0 saturated heterocycles. The molecule has 1 aromatic carbocycles. The molecule has 0 radical (unpaired) electrons. The first kappa shape index (κ1) is 14.1. The lowest BCUT2D eigenvalue weighted by atomic mass is 10.0. The monoisotopic (exact) mass is 257 g/mol. The van der Waals surface area contributed by atoms with Gasteiger partial charge in [0.2, 0.25) is 0 Å². The molecule has 1 aromatic rings. The maximum atomic E-state index is 6.12. The lowest BCUT2D eigenvalue weighted by Crippen LogP contribution is -2.16. The lowest BCUT2D eigenvalue weighted by Gasteiger charge is -2.20. The van der Waals surface area contributed by atoms with Gasteiger partial charge in [0.25, 0.3) is 0 Å². The minimum absolute atomic E-state index is 0.